The van der Waals surface area contributed by atoms with Crippen LogP contribution in [0.2, 0.25) is 0 Å². The van der Waals surface area contributed by atoms with Crippen molar-refractivity contribution in [3.8, 4) is 0 Å². The average molecular weight is 386 g/mol. The number of hydrogen-bond acceptors (Lipinski definition) is 6. The Morgan fingerprint density at radius 2 is 1.96 bits per heavy atom. The summed E-state index contributed by atoms with van der Waals surface area (Å²) in [6.07, 6.45) is 0. The SMILES string of the molecule is COCCn1nc(C(=O)NCC(c2ccccc2)N2CCOCC2)ccc1=O. The molecular formula is C20H26N4O4. The van der Waals surface area contributed by atoms with Crippen LogP contribution in [0.15, 0.2) is 47.3 Å². The molecule has 8 nitrogen and oxygen atoms in total. The second-order valence-corrected chi connectivity index (χ2v) is 6.56. The van der Waals surface area contributed by atoms with Crippen molar-refractivity contribution in [1.29, 1.82) is 0 Å². The van der Waals surface area contributed by atoms with E-state index in [9.17, 15) is 9.59 Å². The molecule has 150 valence electrons. The van der Waals surface area contributed by atoms with Gasteiger partial charge in [0.25, 0.3) is 11.5 Å². The summed E-state index contributed by atoms with van der Waals surface area (Å²) in [6, 6.07) is 13.0. The van der Waals surface area contributed by atoms with Gasteiger partial charge in [-0.15, -0.1) is 0 Å². The third-order valence-corrected chi connectivity index (χ3v) is 4.73. The average Bonchev–Trinajstić information content (AvgIpc) is 2.74. The number of carbonyl (C=O) groups is 1. The Kier molecular flexibility index (Phi) is 7.30. The Labute approximate surface area is 164 Å². The van der Waals surface area contributed by atoms with Crippen LogP contribution in [-0.2, 0) is 16.0 Å². The molecule has 1 aliphatic rings. The van der Waals surface area contributed by atoms with Crippen molar-refractivity contribution in [3.63, 3.8) is 0 Å². The number of methoxy groups -OCH3 is 1. The lowest BCUT2D eigenvalue weighted by Gasteiger charge is -2.34. The van der Waals surface area contributed by atoms with Crippen molar-refractivity contribution in [2.45, 2.75) is 12.6 Å². The van der Waals surface area contributed by atoms with Crippen LogP contribution in [0.25, 0.3) is 0 Å². The maximum Gasteiger partial charge on any atom is 0.271 e. The second-order valence-electron chi connectivity index (χ2n) is 6.56. The van der Waals surface area contributed by atoms with Crippen LogP contribution in [-0.4, -0.2) is 67.2 Å². The largest absolute Gasteiger partial charge is 0.383 e. The molecule has 0 saturated carbocycles. The molecule has 0 bridgehead atoms. The molecular weight excluding hydrogens is 360 g/mol. The number of carbonyl (C=O) groups excluding carboxylic acids is 1. The zero-order valence-corrected chi connectivity index (χ0v) is 16.0. The molecule has 2 heterocycles. The number of amides is 1. The summed E-state index contributed by atoms with van der Waals surface area (Å²) >= 11 is 0. The molecule has 0 radical (unpaired) electrons. The van der Waals surface area contributed by atoms with Gasteiger partial charge in [-0.2, -0.15) is 5.10 Å². The number of aromatic nitrogens is 2. The normalized spacial score (nSPS) is 15.9. The van der Waals surface area contributed by atoms with Gasteiger partial charge < -0.3 is 14.8 Å². The van der Waals surface area contributed by atoms with Gasteiger partial charge in [-0.3, -0.25) is 14.5 Å². The van der Waals surface area contributed by atoms with Gasteiger partial charge in [0.05, 0.1) is 32.4 Å². The molecule has 1 aromatic heterocycles. The van der Waals surface area contributed by atoms with E-state index < -0.39 is 0 Å². The molecule has 1 amide bonds. The van der Waals surface area contributed by atoms with Crippen molar-refractivity contribution in [2.75, 3.05) is 46.6 Å². The van der Waals surface area contributed by atoms with Crippen molar-refractivity contribution in [3.05, 3.63) is 64.1 Å². The summed E-state index contributed by atoms with van der Waals surface area (Å²) in [6.45, 7) is 4.10. The van der Waals surface area contributed by atoms with E-state index in [1.165, 1.54) is 16.8 Å². The number of benzene rings is 1. The van der Waals surface area contributed by atoms with Gasteiger partial charge >= 0.3 is 0 Å². The van der Waals surface area contributed by atoms with Crippen LogP contribution in [0.3, 0.4) is 0 Å². The smallest absolute Gasteiger partial charge is 0.271 e. The summed E-state index contributed by atoms with van der Waals surface area (Å²) in [5.74, 6) is -0.305. The van der Waals surface area contributed by atoms with E-state index in [1.807, 2.05) is 18.2 Å². The molecule has 1 saturated heterocycles. The Morgan fingerprint density at radius 1 is 1.21 bits per heavy atom. The molecule has 1 N–H and O–H groups in total. The van der Waals surface area contributed by atoms with E-state index in [1.54, 1.807) is 7.11 Å². The summed E-state index contributed by atoms with van der Waals surface area (Å²) in [5, 5.41) is 7.12. The molecule has 2 aromatic rings. The molecule has 1 fully saturated rings. The fourth-order valence-electron chi connectivity index (χ4n) is 3.21. The highest BCUT2D eigenvalue weighted by atomic mass is 16.5. The Morgan fingerprint density at radius 3 is 2.68 bits per heavy atom. The van der Waals surface area contributed by atoms with Gasteiger partial charge in [-0.1, -0.05) is 30.3 Å². The first-order valence-corrected chi connectivity index (χ1v) is 9.41. The molecule has 3 rings (SSSR count). The Hall–Kier alpha value is -2.55. The van der Waals surface area contributed by atoms with E-state index in [0.717, 1.165) is 18.7 Å². The van der Waals surface area contributed by atoms with Crippen molar-refractivity contribution in [2.24, 2.45) is 0 Å². The highest BCUT2D eigenvalue weighted by molar-refractivity contribution is 5.92. The summed E-state index contributed by atoms with van der Waals surface area (Å²) in [7, 11) is 1.55. The summed E-state index contributed by atoms with van der Waals surface area (Å²) in [5.41, 5.74) is 1.09. The van der Waals surface area contributed by atoms with Crippen LogP contribution < -0.4 is 10.9 Å². The minimum absolute atomic E-state index is 0.0495. The fraction of sp³-hybridized carbons (Fsp3) is 0.450. The zero-order valence-electron chi connectivity index (χ0n) is 16.0. The lowest BCUT2D eigenvalue weighted by atomic mass is 10.0. The zero-order chi connectivity index (χ0) is 19.8. The topological polar surface area (TPSA) is 85.7 Å². The second kappa shape index (κ2) is 10.1. The Bertz CT molecular complexity index is 818. The lowest BCUT2D eigenvalue weighted by Crippen LogP contribution is -2.44. The van der Waals surface area contributed by atoms with Gasteiger partial charge in [0.1, 0.15) is 5.69 Å². The van der Waals surface area contributed by atoms with Gasteiger partial charge in [0.2, 0.25) is 0 Å². The summed E-state index contributed by atoms with van der Waals surface area (Å²) in [4.78, 5) is 26.8. The highest BCUT2D eigenvalue weighted by Gasteiger charge is 2.23. The Balaban J connectivity index is 1.70. The molecule has 1 aliphatic heterocycles. The first-order chi connectivity index (χ1) is 13.7. The van der Waals surface area contributed by atoms with Gasteiger partial charge in [0, 0.05) is 32.8 Å². The molecule has 8 heteroatoms. The third kappa shape index (κ3) is 5.25. The van der Waals surface area contributed by atoms with E-state index in [4.69, 9.17) is 9.47 Å². The monoisotopic (exact) mass is 386 g/mol. The van der Waals surface area contributed by atoms with Gasteiger partial charge in [-0.25, -0.2) is 4.68 Å². The van der Waals surface area contributed by atoms with Crippen LogP contribution in [0, 0.1) is 0 Å². The molecule has 1 unspecified atom stereocenters. The number of hydrogen-bond donors (Lipinski definition) is 1. The maximum absolute atomic E-state index is 12.6. The van der Waals surface area contributed by atoms with Crippen molar-refractivity contribution < 1.29 is 14.3 Å². The number of ether oxygens (including phenoxy) is 2. The molecule has 28 heavy (non-hydrogen) atoms. The van der Waals surface area contributed by atoms with Crippen molar-refractivity contribution >= 4 is 5.91 Å². The number of nitrogens with one attached hydrogen (secondary N) is 1. The van der Waals surface area contributed by atoms with Crippen molar-refractivity contribution in [1.82, 2.24) is 20.0 Å². The first-order valence-electron chi connectivity index (χ1n) is 9.41. The molecule has 0 spiro atoms. The van der Waals surface area contributed by atoms with E-state index in [0.29, 0.717) is 32.9 Å². The van der Waals surface area contributed by atoms with Gasteiger partial charge in [0.15, 0.2) is 0 Å². The van der Waals surface area contributed by atoms with Crippen LogP contribution >= 0.6 is 0 Å². The first kappa shape index (κ1) is 20.2. The van der Waals surface area contributed by atoms with Crippen LogP contribution in [0.4, 0.5) is 0 Å². The number of nitrogens with zero attached hydrogens (tertiary/aromatic N) is 3. The summed E-state index contributed by atoms with van der Waals surface area (Å²) < 4.78 is 11.7. The number of morpholine rings is 1. The lowest BCUT2D eigenvalue weighted by molar-refractivity contribution is 0.0162. The third-order valence-electron chi connectivity index (χ3n) is 4.73. The highest BCUT2D eigenvalue weighted by Crippen LogP contribution is 2.21. The molecule has 1 atom stereocenters. The van der Waals surface area contributed by atoms with Crippen LogP contribution in [0.1, 0.15) is 22.1 Å². The minimum Gasteiger partial charge on any atom is -0.383 e. The minimum atomic E-state index is -0.305. The maximum atomic E-state index is 12.6. The van der Waals surface area contributed by atoms with E-state index in [2.05, 4.69) is 27.4 Å². The fourth-order valence-corrected chi connectivity index (χ4v) is 3.21. The van der Waals surface area contributed by atoms with E-state index >= 15 is 0 Å². The predicted molar refractivity (Wildman–Crippen MR) is 104 cm³/mol. The van der Waals surface area contributed by atoms with Crippen LogP contribution in [0.5, 0.6) is 0 Å². The number of rotatable bonds is 8. The quantitative estimate of drug-likeness (QED) is 0.719. The van der Waals surface area contributed by atoms with Gasteiger partial charge in [-0.05, 0) is 11.6 Å². The molecule has 0 aliphatic carbocycles. The molecule has 1 aromatic carbocycles. The predicted octanol–water partition coefficient (Wildman–Crippen LogP) is 0.693. The van der Waals surface area contributed by atoms with E-state index in [-0.39, 0.29) is 23.2 Å². The standard InChI is InChI=1S/C20H26N4O4/c1-27-12-11-24-19(25)8-7-17(22-24)20(26)21-15-18(16-5-3-2-4-6-16)23-9-13-28-14-10-23/h2-8,18H,9-15H2,1H3,(H,21,26).